The van der Waals surface area contributed by atoms with Crippen molar-refractivity contribution in [2.24, 2.45) is 11.7 Å². The van der Waals surface area contributed by atoms with E-state index in [1.54, 1.807) is 0 Å². The molecule has 0 radical (unpaired) electrons. The predicted molar refractivity (Wildman–Crippen MR) is 95.2 cm³/mol. The molecule has 1 aromatic carbocycles. The second-order valence-electron chi connectivity index (χ2n) is 6.68. The zero-order valence-electron chi connectivity index (χ0n) is 14.3. The number of hydrogen-bond acceptors (Lipinski definition) is 6. The van der Waals surface area contributed by atoms with E-state index in [4.69, 9.17) is 5.73 Å². The first-order chi connectivity index (χ1) is 12.3. The average Bonchev–Trinajstić information content (AvgIpc) is 3.16. The molecule has 26 heavy (non-hydrogen) atoms. The van der Waals surface area contributed by atoms with E-state index in [-0.39, 0.29) is 22.4 Å². The van der Waals surface area contributed by atoms with Crippen LogP contribution in [0.3, 0.4) is 0 Å². The van der Waals surface area contributed by atoms with Gasteiger partial charge in [0.1, 0.15) is 5.69 Å². The van der Waals surface area contributed by atoms with Crippen LogP contribution in [0.25, 0.3) is 0 Å². The topological polar surface area (TPSA) is 127 Å². The molecule has 0 aliphatic carbocycles. The number of nitrogens with two attached hydrogens (primary N) is 1. The van der Waals surface area contributed by atoms with Gasteiger partial charge in [-0.2, -0.15) is 4.31 Å². The third-order valence-electron chi connectivity index (χ3n) is 5.08. The van der Waals surface area contributed by atoms with Crippen LogP contribution in [-0.4, -0.2) is 49.7 Å². The van der Waals surface area contributed by atoms with Gasteiger partial charge in [-0.05, 0) is 37.8 Å². The lowest BCUT2D eigenvalue weighted by atomic mass is 9.96. The Balaban J connectivity index is 1.88. The van der Waals surface area contributed by atoms with Gasteiger partial charge in [0.15, 0.2) is 0 Å². The van der Waals surface area contributed by atoms with Crippen molar-refractivity contribution in [2.45, 2.75) is 30.6 Å². The van der Waals surface area contributed by atoms with Crippen LogP contribution in [0.1, 0.15) is 25.7 Å². The number of carbonyl (C=O) groups excluding carboxylic acids is 1. The smallest absolute Gasteiger partial charge is 0.293 e. The van der Waals surface area contributed by atoms with Crippen LogP contribution in [0.5, 0.6) is 0 Å². The lowest BCUT2D eigenvalue weighted by molar-refractivity contribution is -0.384. The Labute approximate surface area is 152 Å². The quantitative estimate of drug-likeness (QED) is 0.600. The number of hydrogen-bond donors (Lipinski definition) is 1. The number of carbonyl (C=O) groups is 1. The summed E-state index contributed by atoms with van der Waals surface area (Å²) >= 11 is 0. The lowest BCUT2D eigenvalue weighted by Gasteiger charge is -2.32. The van der Waals surface area contributed by atoms with Gasteiger partial charge in [0, 0.05) is 38.2 Å². The molecular weight excluding hydrogens is 360 g/mol. The molecule has 0 unspecified atom stereocenters. The number of sulfonamides is 1. The van der Waals surface area contributed by atoms with E-state index >= 15 is 0 Å². The van der Waals surface area contributed by atoms with Crippen molar-refractivity contribution < 1.29 is 18.1 Å². The molecule has 2 saturated heterocycles. The molecule has 0 saturated carbocycles. The highest BCUT2D eigenvalue weighted by Gasteiger charge is 2.31. The van der Waals surface area contributed by atoms with Crippen molar-refractivity contribution in [1.82, 2.24) is 4.31 Å². The fraction of sp³-hybridized carbons (Fsp3) is 0.562. The van der Waals surface area contributed by atoms with Gasteiger partial charge < -0.3 is 10.6 Å². The van der Waals surface area contributed by atoms with E-state index < -0.39 is 14.9 Å². The Morgan fingerprint density at radius 3 is 2.31 bits per heavy atom. The number of amides is 1. The van der Waals surface area contributed by atoms with Crippen LogP contribution < -0.4 is 10.6 Å². The van der Waals surface area contributed by atoms with E-state index in [0.717, 1.165) is 18.9 Å². The molecule has 10 heteroatoms. The monoisotopic (exact) mass is 382 g/mol. The minimum atomic E-state index is -3.71. The number of nitro groups is 1. The molecule has 0 bridgehead atoms. The first kappa shape index (κ1) is 18.6. The normalized spacial score (nSPS) is 19.6. The van der Waals surface area contributed by atoms with Crippen LogP contribution in [0.15, 0.2) is 23.1 Å². The predicted octanol–water partition coefficient (Wildman–Crippen LogP) is 1.08. The van der Waals surface area contributed by atoms with Crippen LogP contribution in [0.2, 0.25) is 0 Å². The van der Waals surface area contributed by atoms with Crippen molar-refractivity contribution in [3.8, 4) is 0 Å². The summed E-state index contributed by atoms with van der Waals surface area (Å²) in [6, 6.07) is 4.06. The minimum Gasteiger partial charge on any atom is -0.369 e. The molecule has 0 spiro atoms. The average molecular weight is 382 g/mol. The van der Waals surface area contributed by atoms with Crippen molar-refractivity contribution in [1.29, 1.82) is 0 Å². The number of nitrogens with zero attached hydrogens (tertiary/aromatic N) is 3. The number of rotatable bonds is 5. The van der Waals surface area contributed by atoms with Gasteiger partial charge in [0.25, 0.3) is 5.69 Å². The van der Waals surface area contributed by atoms with E-state index in [0.29, 0.717) is 44.7 Å². The van der Waals surface area contributed by atoms with Crippen LogP contribution in [0, 0.1) is 16.0 Å². The maximum atomic E-state index is 12.7. The van der Waals surface area contributed by atoms with Gasteiger partial charge in [-0.15, -0.1) is 0 Å². The Hall–Kier alpha value is -2.20. The van der Waals surface area contributed by atoms with Crippen molar-refractivity contribution >= 4 is 27.3 Å². The molecule has 0 aromatic heterocycles. The van der Waals surface area contributed by atoms with E-state index in [2.05, 4.69) is 0 Å². The Morgan fingerprint density at radius 2 is 1.77 bits per heavy atom. The molecule has 1 amide bonds. The summed E-state index contributed by atoms with van der Waals surface area (Å²) in [5, 5.41) is 11.5. The largest absolute Gasteiger partial charge is 0.369 e. The number of benzene rings is 1. The van der Waals surface area contributed by atoms with Crippen LogP contribution in [0.4, 0.5) is 11.4 Å². The third-order valence-corrected chi connectivity index (χ3v) is 6.98. The lowest BCUT2D eigenvalue weighted by Crippen LogP contribution is -2.38. The Kier molecular flexibility index (Phi) is 5.15. The summed E-state index contributed by atoms with van der Waals surface area (Å²) in [6.07, 6.45) is 2.66. The summed E-state index contributed by atoms with van der Waals surface area (Å²) in [4.78, 5) is 24.0. The highest BCUT2D eigenvalue weighted by Crippen LogP contribution is 2.34. The summed E-state index contributed by atoms with van der Waals surface area (Å²) in [5.41, 5.74) is 5.46. The SMILES string of the molecule is NC(=O)C1CCN(c2ccc(S(=O)(=O)N3CCCC3)cc2[N+](=O)[O-])CC1. The van der Waals surface area contributed by atoms with Gasteiger partial charge in [-0.3, -0.25) is 14.9 Å². The molecule has 2 aliphatic heterocycles. The first-order valence-corrected chi connectivity index (χ1v) is 10.1. The molecule has 2 N–H and O–H groups in total. The zero-order chi connectivity index (χ0) is 18.9. The maximum Gasteiger partial charge on any atom is 0.293 e. The van der Waals surface area contributed by atoms with Crippen molar-refractivity contribution in [2.75, 3.05) is 31.1 Å². The standard InChI is InChI=1S/C16H22N4O5S/c17-16(21)12-5-9-18(10-6-12)14-4-3-13(11-15(14)20(22)23)26(24,25)19-7-1-2-8-19/h3-4,11-12H,1-2,5-10H2,(H2,17,21). The van der Waals surface area contributed by atoms with Gasteiger partial charge in [-0.25, -0.2) is 8.42 Å². The minimum absolute atomic E-state index is 0.0538. The number of anilines is 1. The van der Waals surface area contributed by atoms with Crippen molar-refractivity contribution in [3.63, 3.8) is 0 Å². The molecule has 9 nitrogen and oxygen atoms in total. The first-order valence-electron chi connectivity index (χ1n) is 8.63. The Morgan fingerprint density at radius 1 is 1.15 bits per heavy atom. The molecular formula is C16H22N4O5S. The molecule has 1 aromatic rings. The fourth-order valence-corrected chi connectivity index (χ4v) is 5.10. The van der Waals surface area contributed by atoms with Gasteiger partial charge >= 0.3 is 0 Å². The molecule has 3 rings (SSSR count). The van der Waals surface area contributed by atoms with Gasteiger partial charge in [-0.1, -0.05) is 0 Å². The van der Waals surface area contributed by atoms with E-state index in [1.807, 2.05) is 4.90 Å². The van der Waals surface area contributed by atoms with Gasteiger partial charge in [0.2, 0.25) is 15.9 Å². The Bertz CT molecular complexity index is 812. The summed E-state index contributed by atoms with van der Waals surface area (Å²) in [7, 11) is -3.71. The summed E-state index contributed by atoms with van der Waals surface area (Å²) in [6.45, 7) is 1.82. The summed E-state index contributed by atoms with van der Waals surface area (Å²) in [5.74, 6) is -0.577. The van der Waals surface area contributed by atoms with Crippen LogP contribution >= 0.6 is 0 Å². The van der Waals surface area contributed by atoms with Gasteiger partial charge in [0.05, 0.1) is 9.82 Å². The maximum absolute atomic E-state index is 12.7. The highest BCUT2D eigenvalue weighted by molar-refractivity contribution is 7.89. The number of nitro benzene ring substituents is 1. The summed E-state index contributed by atoms with van der Waals surface area (Å²) < 4.78 is 26.7. The number of piperidine rings is 1. The zero-order valence-corrected chi connectivity index (χ0v) is 15.2. The molecule has 142 valence electrons. The second kappa shape index (κ2) is 7.20. The van der Waals surface area contributed by atoms with Crippen LogP contribution in [-0.2, 0) is 14.8 Å². The highest BCUT2D eigenvalue weighted by atomic mass is 32.2. The molecule has 2 fully saturated rings. The van der Waals surface area contributed by atoms with E-state index in [1.165, 1.54) is 16.4 Å². The number of primary amides is 1. The molecule has 2 heterocycles. The third kappa shape index (κ3) is 3.51. The molecule has 2 aliphatic rings. The fourth-order valence-electron chi connectivity index (χ4n) is 3.56. The molecule has 0 atom stereocenters. The van der Waals surface area contributed by atoms with Crippen molar-refractivity contribution in [3.05, 3.63) is 28.3 Å². The second-order valence-corrected chi connectivity index (χ2v) is 8.62. The van der Waals surface area contributed by atoms with E-state index in [9.17, 15) is 23.3 Å².